The van der Waals surface area contributed by atoms with Gasteiger partial charge in [0.1, 0.15) is 11.6 Å². The molecule has 3 aliphatic heterocycles. The molecule has 2 N–H and O–H groups in total. The van der Waals surface area contributed by atoms with Gasteiger partial charge in [-0.15, -0.1) is 0 Å². The first kappa shape index (κ1) is 21.1. The van der Waals surface area contributed by atoms with Crippen molar-refractivity contribution in [2.45, 2.75) is 32.7 Å². The molecule has 1 aromatic carbocycles. The van der Waals surface area contributed by atoms with Gasteiger partial charge in [0.2, 0.25) is 5.56 Å². The second-order valence-electron chi connectivity index (χ2n) is 9.19. The Balaban J connectivity index is 1.37. The summed E-state index contributed by atoms with van der Waals surface area (Å²) in [4.78, 5) is 35.3. The molecular formula is C25H26N4O5. The maximum absolute atomic E-state index is 13.6. The number of benzene rings is 1. The molecule has 9 nitrogen and oxygen atoms in total. The zero-order valence-electron chi connectivity index (χ0n) is 19.1. The first-order valence-corrected chi connectivity index (χ1v) is 11.5. The Labute approximate surface area is 196 Å². The van der Waals surface area contributed by atoms with Crippen molar-refractivity contribution in [1.82, 2.24) is 9.97 Å². The Morgan fingerprint density at radius 2 is 2.12 bits per heavy atom. The van der Waals surface area contributed by atoms with Crippen molar-refractivity contribution in [1.29, 1.82) is 0 Å². The van der Waals surface area contributed by atoms with E-state index in [1.165, 1.54) is 13.2 Å². The van der Waals surface area contributed by atoms with Gasteiger partial charge in [-0.1, -0.05) is 0 Å². The molecule has 0 aliphatic carbocycles. The third-order valence-electron chi connectivity index (χ3n) is 7.01. The second-order valence-corrected chi connectivity index (χ2v) is 9.19. The molecule has 0 spiro atoms. The van der Waals surface area contributed by atoms with Gasteiger partial charge in [0, 0.05) is 54.4 Å². The number of aryl methyl sites for hydroxylation is 1. The normalized spacial score (nSPS) is 21.1. The van der Waals surface area contributed by atoms with E-state index >= 15 is 0 Å². The second kappa shape index (κ2) is 8.11. The van der Waals surface area contributed by atoms with Crippen LogP contribution in [0.1, 0.15) is 33.6 Å². The lowest BCUT2D eigenvalue weighted by Gasteiger charge is -2.22. The maximum Gasteiger partial charge on any atom is 0.259 e. The number of aromatic nitrogens is 2. The van der Waals surface area contributed by atoms with Gasteiger partial charge >= 0.3 is 0 Å². The molecule has 2 aromatic heterocycles. The number of nitrogens with zero attached hydrogens (tertiary/aromatic N) is 2. The lowest BCUT2D eigenvalue weighted by atomic mass is 10.1. The summed E-state index contributed by atoms with van der Waals surface area (Å²) in [6.45, 7) is 5.13. The maximum atomic E-state index is 13.6. The van der Waals surface area contributed by atoms with Crippen LogP contribution in [0.2, 0.25) is 0 Å². The summed E-state index contributed by atoms with van der Waals surface area (Å²) in [5.41, 5.74) is 4.12. The third-order valence-corrected chi connectivity index (χ3v) is 7.01. The van der Waals surface area contributed by atoms with Crippen LogP contribution in [0.15, 0.2) is 29.1 Å². The van der Waals surface area contributed by atoms with Crippen molar-refractivity contribution in [2.24, 2.45) is 5.92 Å². The first-order chi connectivity index (χ1) is 16.5. The number of hydrogen-bond acceptors (Lipinski definition) is 7. The minimum atomic E-state index is -0.251. The van der Waals surface area contributed by atoms with Crippen LogP contribution < -0.4 is 20.5 Å². The number of hydrogen-bond donors (Lipinski definition) is 2. The summed E-state index contributed by atoms with van der Waals surface area (Å²) < 4.78 is 16.9. The zero-order chi connectivity index (χ0) is 23.4. The van der Waals surface area contributed by atoms with Crippen LogP contribution in [-0.4, -0.2) is 48.8 Å². The third kappa shape index (κ3) is 3.52. The number of H-pyrrole nitrogens is 1. The molecule has 0 radical (unpaired) electrons. The molecule has 0 saturated carbocycles. The molecule has 34 heavy (non-hydrogen) atoms. The number of carbonyl (C=O) groups is 1. The van der Waals surface area contributed by atoms with Gasteiger partial charge in [0.25, 0.3) is 5.91 Å². The number of rotatable bonds is 4. The molecule has 2 atom stereocenters. The number of fused-ring (bicyclic) bond motifs is 3. The fraction of sp³-hybridized carbons (Fsp3) is 0.400. The molecular weight excluding hydrogens is 436 g/mol. The average molecular weight is 463 g/mol. The summed E-state index contributed by atoms with van der Waals surface area (Å²) in [5, 5.41) is 3.83. The van der Waals surface area contributed by atoms with E-state index in [1.54, 1.807) is 6.07 Å². The molecule has 2 fully saturated rings. The van der Waals surface area contributed by atoms with Crippen LogP contribution in [0.5, 0.6) is 5.75 Å². The topological polar surface area (TPSA) is 106 Å². The van der Waals surface area contributed by atoms with Gasteiger partial charge in [-0.3, -0.25) is 9.59 Å². The molecule has 2 saturated heterocycles. The van der Waals surface area contributed by atoms with Crippen molar-refractivity contribution in [2.75, 3.05) is 37.0 Å². The summed E-state index contributed by atoms with van der Waals surface area (Å²) >= 11 is 0. The van der Waals surface area contributed by atoms with Crippen LogP contribution in [0, 0.1) is 12.8 Å². The van der Waals surface area contributed by atoms with Crippen molar-refractivity contribution >= 4 is 28.3 Å². The van der Waals surface area contributed by atoms with Crippen molar-refractivity contribution in [3.05, 3.63) is 57.0 Å². The molecule has 3 aliphatic rings. The summed E-state index contributed by atoms with van der Waals surface area (Å²) in [6, 6.07) is 6.99. The van der Waals surface area contributed by atoms with Crippen LogP contribution >= 0.6 is 0 Å². The smallest absolute Gasteiger partial charge is 0.259 e. The van der Waals surface area contributed by atoms with E-state index in [0.29, 0.717) is 47.5 Å². The fourth-order valence-electron chi connectivity index (χ4n) is 5.27. The first-order valence-electron chi connectivity index (χ1n) is 11.5. The zero-order valence-corrected chi connectivity index (χ0v) is 19.1. The van der Waals surface area contributed by atoms with E-state index in [0.717, 1.165) is 48.3 Å². The molecule has 6 rings (SSSR count). The minimum Gasteiger partial charge on any atom is -0.494 e. The van der Waals surface area contributed by atoms with Crippen LogP contribution in [0.25, 0.3) is 10.9 Å². The number of pyridine rings is 2. The Kier molecular flexibility index (Phi) is 5.04. The number of carbonyl (C=O) groups excluding carboxylic acids is 1. The predicted molar refractivity (Wildman–Crippen MR) is 127 cm³/mol. The molecule has 176 valence electrons. The predicted octanol–water partition coefficient (Wildman–Crippen LogP) is 2.75. The number of ether oxygens (including phenoxy) is 3. The van der Waals surface area contributed by atoms with E-state index in [-0.39, 0.29) is 17.6 Å². The van der Waals surface area contributed by atoms with Crippen molar-refractivity contribution < 1.29 is 19.0 Å². The molecule has 0 unspecified atom stereocenters. The number of aromatic amines is 1. The van der Waals surface area contributed by atoms with Crippen molar-refractivity contribution in [3.8, 4) is 5.75 Å². The van der Waals surface area contributed by atoms with Crippen LogP contribution in [-0.2, 0) is 22.7 Å². The minimum absolute atomic E-state index is 0.192. The highest BCUT2D eigenvalue weighted by atomic mass is 16.5. The lowest BCUT2D eigenvalue weighted by molar-refractivity contribution is 0.102. The fourth-order valence-corrected chi connectivity index (χ4v) is 5.27. The average Bonchev–Trinajstić information content (AvgIpc) is 3.54. The lowest BCUT2D eigenvalue weighted by Crippen LogP contribution is -2.27. The Bertz CT molecular complexity index is 1360. The number of methoxy groups -OCH3 is 1. The Morgan fingerprint density at radius 3 is 2.94 bits per heavy atom. The molecule has 0 bridgehead atoms. The summed E-state index contributed by atoms with van der Waals surface area (Å²) in [6.07, 6.45) is 1.23. The Morgan fingerprint density at radius 1 is 1.24 bits per heavy atom. The van der Waals surface area contributed by atoms with Gasteiger partial charge in [-0.05, 0) is 31.0 Å². The molecule has 3 aromatic rings. The number of amides is 1. The van der Waals surface area contributed by atoms with E-state index in [4.69, 9.17) is 19.2 Å². The van der Waals surface area contributed by atoms with Gasteiger partial charge in [-0.25, -0.2) is 4.98 Å². The number of nitrogens with one attached hydrogen (secondary N) is 2. The Hall–Kier alpha value is -3.43. The van der Waals surface area contributed by atoms with E-state index in [2.05, 4.69) is 15.2 Å². The highest BCUT2D eigenvalue weighted by Crippen LogP contribution is 2.35. The van der Waals surface area contributed by atoms with Gasteiger partial charge < -0.3 is 29.4 Å². The standard InChI is InChI=1S/C25H26N4O5/c1-13-5-22(30)28-23-17(13)7-16(8-20(23)32-2)26-25(31)18-6-15-11-33-12-19(15)27-24(18)29-9-14-3-4-34-21(14)10-29/h5-8,14,21H,3-4,9-12H2,1-2H3,(H,26,31)(H,28,30)/t14-,21+/m1/s1. The SMILES string of the molecule is COc1cc(NC(=O)c2cc3c(nc2N2C[C@H]4CCO[C@H]4C2)COC3)cc2c(C)cc(=O)[nH]c12. The molecule has 1 amide bonds. The van der Waals surface area contributed by atoms with E-state index < -0.39 is 0 Å². The van der Waals surface area contributed by atoms with E-state index in [1.807, 2.05) is 19.1 Å². The monoisotopic (exact) mass is 462 g/mol. The van der Waals surface area contributed by atoms with Gasteiger partial charge in [-0.2, -0.15) is 0 Å². The highest BCUT2D eigenvalue weighted by Gasteiger charge is 2.39. The van der Waals surface area contributed by atoms with Crippen molar-refractivity contribution in [3.63, 3.8) is 0 Å². The van der Waals surface area contributed by atoms with Gasteiger partial charge in [0.05, 0.1) is 43.2 Å². The molecule has 9 heteroatoms. The highest BCUT2D eigenvalue weighted by molar-refractivity contribution is 6.09. The van der Waals surface area contributed by atoms with E-state index in [9.17, 15) is 9.59 Å². The largest absolute Gasteiger partial charge is 0.494 e. The quantitative estimate of drug-likeness (QED) is 0.614. The van der Waals surface area contributed by atoms with Gasteiger partial charge in [0.15, 0.2) is 0 Å². The summed E-state index contributed by atoms with van der Waals surface area (Å²) in [7, 11) is 1.54. The van der Waals surface area contributed by atoms with Crippen LogP contribution in [0.3, 0.4) is 0 Å². The molecule has 5 heterocycles. The summed E-state index contributed by atoms with van der Waals surface area (Å²) in [5.74, 6) is 1.38. The van der Waals surface area contributed by atoms with Crippen LogP contribution in [0.4, 0.5) is 11.5 Å². The number of anilines is 2.